The molecule has 12 heteroatoms. The lowest BCUT2D eigenvalue weighted by atomic mass is 10.0. The minimum atomic E-state index is -1.46. The average Bonchev–Trinajstić information content (AvgIpc) is 2.94. The number of rotatable bonds is 6. The number of aromatic nitrogens is 1. The molecule has 0 spiro atoms. The summed E-state index contributed by atoms with van der Waals surface area (Å²) in [5.74, 6) is -2.56. The first-order valence-corrected chi connectivity index (χ1v) is 11.2. The van der Waals surface area contributed by atoms with E-state index in [-0.39, 0.29) is 40.4 Å². The van der Waals surface area contributed by atoms with Gasteiger partial charge in [0.1, 0.15) is 18.0 Å². The van der Waals surface area contributed by atoms with Gasteiger partial charge in [-0.1, -0.05) is 53.0 Å². The molecule has 1 aromatic heterocycles. The van der Waals surface area contributed by atoms with Crippen LogP contribution in [0.15, 0.2) is 53.7 Å². The molecule has 1 atom stereocenters. The molecular formula is C23H16Cl3FN4O4. The van der Waals surface area contributed by atoms with Gasteiger partial charge >= 0.3 is 0 Å². The first-order chi connectivity index (χ1) is 16.8. The molecule has 0 aliphatic carbocycles. The molecule has 0 bridgehead atoms. The number of para-hydroxylation sites is 1. The van der Waals surface area contributed by atoms with Gasteiger partial charge in [-0.25, -0.2) is 14.4 Å². The number of nitrogens with zero attached hydrogens (tertiary/aromatic N) is 2. The second-order valence-corrected chi connectivity index (χ2v) is 8.46. The number of benzodiazepines with no additional fused rings is 1. The van der Waals surface area contributed by atoms with E-state index < -0.39 is 23.8 Å². The molecule has 0 unspecified atom stereocenters. The van der Waals surface area contributed by atoms with Gasteiger partial charge in [0.25, 0.3) is 11.8 Å². The Kier molecular flexibility index (Phi) is 7.51. The minimum Gasteiger partial charge on any atom is -0.475 e. The molecule has 3 aromatic rings. The maximum Gasteiger partial charge on any atom is 0.269 e. The monoisotopic (exact) mass is 536 g/mol. The number of amides is 2. The lowest BCUT2D eigenvalue weighted by molar-refractivity contribution is -0.117. The summed E-state index contributed by atoms with van der Waals surface area (Å²) in [6, 6.07) is 10.7. The molecule has 1 aliphatic rings. The number of pyridine rings is 1. The van der Waals surface area contributed by atoms with Crippen LogP contribution in [0.5, 0.6) is 5.88 Å². The Hall–Kier alpha value is -3.24. The van der Waals surface area contributed by atoms with Crippen LogP contribution in [-0.4, -0.2) is 47.0 Å². The number of anilines is 1. The highest BCUT2D eigenvalue weighted by Gasteiger charge is 2.30. The van der Waals surface area contributed by atoms with Crippen molar-refractivity contribution >= 4 is 58.0 Å². The predicted octanol–water partition coefficient (Wildman–Crippen LogP) is 4.10. The lowest BCUT2D eigenvalue weighted by Crippen LogP contribution is -2.42. The number of aliphatic hydroxyl groups is 1. The highest BCUT2D eigenvalue weighted by molar-refractivity contribution is 6.44. The molecule has 35 heavy (non-hydrogen) atoms. The zero-order chi connectivity index (χ0) is 25.1. The van der Waals surface area contributed by atoms with Gasteiger partial charge in [-0.2, -0.15) is 0 Å². The largest absolute Gasteiger partial charge is 0.475 e. The Morgan fingerprint density at radius 3 is 2.60 bits per heavy atom. The van der Waals surface area contributed by atoms with Gasteiger partial charge < -0.3 is 20.5 Å². The molecule has 4 rings (SSSR count). The molecule has 0 fully saturated rings. The third-order valence-electron chi connectivity index (χ3n) is 4.85. The van der Waals surface area contributed by atoms with Crippen LogP contribution in [0, 0.1) is 5.82 Å². The summed E-state index contributed by atoms with van der Waals surface area (Å²) in [5.41, 5.74) is 1.16. The van der Waals surface area contributed by atoms with Crippen molar-refractivity contribution in [2.24, 2.45) is 4.99 Å². The normalized spacial score (nSPS) is 14.9. The molecule has 2 amide bonds. The van der Waals surface area contributed by atoms with Crippen LogP contribution in [0.2, 0.25) is 15.1 Å². The first kappa shape index (κ1) is 24.9. The third kappa shape index (κ3) is 5.38. The smallest absolute Gasteiger partial charge is 0.269 e. The van der Waals surface area contributed by atoms with E-state index in [1.165, 1.54) is 12.1 Å². The molecule has 0 saturated heterocycles. The average molecular weight is 538 g/mol. The van der Waals surface area contributed by atoms with Crippen molar-refractivity contribution in [3.63, 3.8) is 0 Å². The van der Waals surface area contributed by atoms with Crippen molar-refractivity contribution in [2.45, 2.75) is 6.17 Å². The Balaban J connectivity index is 1.78. The van der Waals surface area contributed by atoms with Crippen LogP contribution in [-0.2, 0) is 4.79 Å². The zero-order valence-corrected chi connectivity index (χ0v) is 20.0. The molecule has 0 radical (unpaired) electrons. The van der Waals surface area contributed by atoms with Crippen LogP contribution in [0.1, 0.15) is 21.5 Å². The summed E-state index contributed by atoms with van der Waals surface area (Å²) < 4.78 is 19.1. The summed E-state index contributed by atoms with van der Waals surface area (Å²) in [5, 5.41) is 14.8. The number of carbonyl (C=O) groups is 2. The summed E-state index contributed by atoms with van der Waals surface area (Å²) in [4.78, 5) is 34.2. The molecule has 1 aliphatic heterocycles. The predicted molar refractivity (Wildman–Crippen MR) is 130 cm³/mol. The highest BCUT2D eigenvalue weighted by Crippen LogP contribution is 2.34. The second kappa shape index (κ2) is 10.6. The summed E-state index contributed by atoms with van der Waals surface area (Å²) >= 11 is 18.9. The second-order valence-electron chi connectivity index (χ2n) is 7.21. The maximum atomic E-state index is 13.8. The van der Waals surface area contributed by atoms with Crippen molar-refractivity contribution in [2.75, 3.05) is 18.5 Å². The maximum absolute atomic E-state index is 13.8. The number of nitrogens with one attached hydrogen (secondary N) is 2. The minimum absolute atomic E-state index is 0.173. The number of halogens is 4. The van der Waals surface area contributed by atoms with E-state index in [9.17, 15) is 14.0 Å². The topological polar surface area (TPSA) is 113 Å². The Bertz CT molecular complexity index is 1330. The number of hydrogen-bond acceptors (Lipinski definition) is 6. The van der Waals surface area contributed by atoms with E-state index >= 15 is 0 Å². The molecule has 3 N–H and O–H groups in total. The number of carbonyl (C=O) groups excluding carboxylic acids is 2. The summed E-state index contributed by atoms with van der Waals surface area (Å²) in [7, 11) is 0. The van der Waals surface area contributed by atoms with Crippen LogP contribution < -0.4 is 15.4 Å². The van der Waals surface area contributed by atoms with Crippen LogP contribution >= 0.6 is 34.8 Å². The summed E-state index contributed by atoms with van der Waals surface area (Å²) in [6.45, 7) is -0.520. The fourth-order valence-electron chi connectivity index (χ4n) is 3.37. The molecule has 8 nitrogen and oxygen atoms in total. The van der Waals surface area contributed by atoms with Gasteiger partial charge in [0.15, 0.2) is 0 Å². The van der Waals surface area contributed by atoms with E-state index in [1.807, 2.05) is 0 Å². The van der Waals surface area contributed by atoms with Crippen molar-refractivity contribution in [1.29, 1.82) is 0 Å². The first-order valence-electron chi connectivity index (χ1n) is 10.1. The quantitative estimate of drug-likeness (QED) is 0.438. The highest BCUT2D eigenvalue weighted by atomic mass is 35.5. The van der Waals surface area contributed by atoms with Crippen molar-refractivity contribution in [3.8, 4) is 5.88 Å². The Morgan fingerprint density at radius 2 is 1.89 bits per heavy atom. The van der Waals surface area contributed by atoms with E-state index in [4.69, 9.17) is 44.6 Å². The van der Waals surface area contributed by atoms with Crippen molar-refractivity contribution in [3.05, 3.63) is 86.2 Å². The number of benzene rings is 2. The number of ether oxygens (including phenoxy) is 1. The van der Waals surface area contributed by atoms with E-state index in [2.05, 4.69) is 20.6 Å². The standard InChI is InChI=1S/C23H16Cl3FN4O4/c24-11-7-15(25)18(16(26)8-11)19-13-3-1-2-4-17(13)29-22(34)20(30-19)31-21(33)14-9-12(27)10-28-23(14)35-6-5-32/h1-4,7-10,20,32H,5-6H2,(H,29,34)(H,31,33)/t20-/m1/s1. The Labute approximate surface area is 213 Å². The summed E-state index contributed by atoms with van der Waals surface area (Å²) in [6.07, 6.45) is -0.596. The number of fused-ring (bicyclic) bond motifs is 1. The Morgan fingerprint density at radius 1 is 1.17 bits per heavy atom. The molecule has 0 saturated carbocycles. The van der Waals surface area contributed by atoms with Crippen molar-refractivity contribution in [1.82, 2.24) is 10.3 Å². The number of hydrogen-bond donors (Lipinski definition) is 3. The van der Waals surface area contributed by atoms with E-state index in [0.29, 0.717) is 21.8 Å². The molecule has 2 aromatic carbocycles. The van der Waals surface area contributed by atoms with Crippen LogP contribution in [0.4, 0.5) is 10.1 Å². The van der Waals surface area contributed by atoms with E-state index in [1.54, 1.807) is 24.3 Å². The van der Waals surface area contributed by atoms with Gasteiger partial charge in [-0.15, -0.1) is 0 Å². The zero-order valence-electron chi connectivity index (χ0n) is 17.7. The lowest BCUT2D eigenvalue weighted by Gasteiger charge is -2.15. The van der Waals surface area contributed by atoms with Crippen LogP contribution in [0.25, 0.3) is 0 Å². The van der Waals surface area contributed by atoms with Gasteiger partial charge in [0.05, 0.1) is 34.2 Å². The molecule has 2 heterocycles. The number of aliphatic imine (C=N–C) groups is 1. The van der Waals surface area contributed by atoms with E-state index in [0.717, 1.165) is 12.3 Å². The van der Waals surface area contributed by atoms with Gasteiger partial charge in [0.2, 0.25) is 12.0 Å². The molecule has 180 valence electrons. The number of aliphatic hydroxyl groups excluding tert-OH is 1. The fourth-order valence-corrected chi connectivity index (χ4v) is 4.37. The van der Waals surface area contributed by atoms with Gasteiger partial charge in [0, 0.05) is 16.1 Å². The third-order valence-corrected chi connectivity index (χ3v) is 5.66. The SMILES string of the molecule is O=C(N[C@H]1N=C(c2c(Cl)cc(Cl)cc2Cl)c2ccccc2NC1=O)c1cc(F)cnc1OCCO. The van der Waals surface area contributed by atoms with Crippen LogP contribution in [0.3, 0.4) is 0 Å². The molecular weight excluding hydrogens is 522 g/mol. The van der Waals surface area contributed by atoms with Gasteiger partial charge in [-0.3, -0.25) is 9.59 Å². The fraction of sp³-hybridized carbons (Fsp3) is 0.130. The van der Waals surface area contributed by atoms with Crippen molar-refractivity contribution < 1.29 is 23.8 Å². The van der Waals surface area contributed by atoms with Gasteiger partial charge in [-0.05, 0) is 24.3 Å².